The number of carbonyl (C=O) groups is 1. The summed E-state index contributed by atoms with van der Waals surface area (Å²) >= 11 is 0. The number of aryl methyl sites for hydroxylation is 1. The molecular formula is C13H17N3O2. The van der Waals surface area contributed by atoms with E-state index in [-0.39, 0.29) is 11.9 Å². The molecule has 2 heterocycles. The summed E-state index contributed by atoms with van der Waals surface area (Å²) in [6, 6.07) is 3.24. The standard InChI is InChI=1S/C13H17N3O2/c1-4-16-10(3)11(8-14-16)9(2)15-13(17)12-6-5-7-18-12/h5-9H,4H2,1-3H3,(H,15,17). The lowest BCUT2D eigenvalue weighted by Gasteiger charge is -2.12. The fraction of sp³-hybridized carbons (Fsp3) is 0.385. The number of nitrogens with one attached hydrogen (secondary N) is 1. The van der Waals surface area contributed by atoms with Crippen molar-refractivity contribution in [3.8, 4) is 0 Å². The summed E-state index contributed by atoms with van der Waals surface area (Å²) < 4.78 is 6.96. The summed E-state index contributed by atoms with van der Waals surface area (Å²) in [5.74, 6) is 0.110. The smallest absolute Gasteiger partial charge is 0.287 e. The third-order valence-corrected chi connectivity index (χ3v) is 3.00. The quantitative estimate of drug-likeness (QED) is 0.901. The van der Waals surface area contributed by atoms with Crippen LogP contribution in [0.1, 0.15) is 41.7 Å². The van der Waals surface area contributed by atoms with E-state index in [1.807, 2.05) is 25.5 Å². The lowest BCUT2D eigenvalue weighted by Crippen LogP contribution is -2.26. The van der Waals surface area contributed by atoms with Crippen molar-refractivity contribution in [2.45, 2.75) is 33.4 Å². The summed E-state index contributed by atoms with van der Waals surface area (Å²) in [5.41, 5.74) is 2.10. The van der Waals surface area contributed by atoms with E-state index in [0.29, 0.717) is 5.76 Å². The fourth-order valence-corrected chi connectivity index (χ4v) is 1.96. The van der Waals surface area contributed by atoms with Crippen LogP contribution in [0.4, 0.5) is 0 Å². The van der Waals surface area contributed by atoms with E-state index in [1.165, 1.54) is 6.26 Å². The van der Waals surface area contributed by atoms with Gasteiger partial charge in [-0.1, -0.05) is 0 Å². The van der Waals surface area contributed by atoms with Gasteiger partial charge in [0.2, 0.25) is 0 Å². The summed E-state index contributed by atoms with van der Waals surface area (Å²) in [6.45, 7) is 6.80. The summed E-state index contributed by atoms with van der Waals surface area (Å²) in [4.78, 5) is 11.8. The van der Waals surface area contributed by atoms with Crippen LogP contribution in [0, 0.1) is 6.92 Å². The number of furan rings is 1. The molecule has 1 atom stereocenters. The van der Waals surface area contributed by atoms with E-state index in [2.05, 4.69) is 10.4 Å². The molecule has 2 aromatic rings. The number of carbonyl (C=O) groups excluding carboxylic acids is 1. The van der Waals surface area contributed by atoms with Gasteiger partial charge < -0.3 is 9.73 Å². The van der Waals surface area contributed by atoms with Crippen LogP contribution in [0.15, 0.2) is 29.0 Å². The molecule has 1 N–H and O–H groups in total. The molecule has 2 rings (SSSR count). The highest BCUT2D eigenvalue weighted by Gasteiger charge is 2.17. The molecule has 0 fully saturated rings. The Kier molecular flexibility index (Phi) is 3.50. The first-order chi connectivity index (χ1) is 8.63. The zero-order valence-corrected chi connectivity index (χ0v) is 10.8. The number of rotatable bonds is 4. The van der Waals surface area contributed by atoms with Crippen LogP contribution in [0.3, 0.4) is 0 Å². The molecular weight excluding hydrogens is 230 g/mol. The number of amides is 1. The SMILES string of the molecule is CCn1ncc(C(C)NC(=O)c2ccco2)c1C. The van der Waals surface area contributed by atoms with Crippen molar-refractivity contribution in [3.63, 3.8) is 0 Å². The Bertz CT molecular complexity index is 528. The highest BCUT2D eigenvalue weighted by molar-refractivity contribution is 5.91. The predicted octanol–water partition coefficient (Wildman–Crippen LogP) is 2.30. The van der Waals surface area contributed by atoms with Crippen molar-refractivity contribution in [2.24, 2.45) is 0 Å². The number of hydrogen-bond donors (Lipinski definition) is 1. The lowest BCUT2D eigenvalue weighted by molar-refractivity contribution is 0.0912. The Balaban J connectivity index is 2.10. The number of aromatic nitrogens is 2. The Morgan fingerprint density at radius 1 is 1.61 bits per heavy atom. The van der Waals surface area contributed by atoms with Gasteiger partial charge in [-0.15, -0.1) is 0 Å². The minimum absolute atomic E-state index is 0.0945. The van der Waals surface area contributed by atoms with Crippen LogP contribution in [0.25, 0.3) is 0 Å². The molecule has 2 aromatic heterocycles. The molecule has 0 spiro atoms. The Morgan fingerprint density at radius 2 is 2.39 bits per heavy atom. The van der Waals surface area contributed by atoms with Gasteiger partial charge in [0.05, 0.1) is 18.5 Å². The normalized spacial score (nSPS) is 12.4. The lowest BCUT2D eigenvalue weighted by atomic mass is 10.1. The van der Waals surface area contributed by atoms with E-state index in [1.54, 1.807) is 18.3 Å². The van der Waals surface area contributed by atoms with Crippen molar-refractivity contribution in [1.82, 2.24) is 15.1 Å². The van der Waals surface area contributed by atoms with E-state index in [0.717, 1.165) is 17.8 Å². The van der Waals surface area contributed by atoms with Gasteiger partial charge in [-0.2, -0.15) is 5.10 Å². The van der Waals surface area contributed by atoms with Crippen LogP contribution in [0.2, 0.25) is 0 Å². The van der Waals surface area contributed by atoms with Gasteiger partial charge in [-0.3, -0.25) is 9.48 Å². The Morgan fingerprint density at radius 3 is 2.94 bits per heavy atom. The van der Waals surface area contributed by atoms with E-state index in [4.69, 9.17) is 4.42 Å². The summed E-state index contributed by atoms with van der Waals surface area (Å²) in [7, 11) is 0. The molecule has 0 aliphatic carbocycles. The average molecular weight is 247 g/mol. The fourth-order valence-electron chi connectivity index (χ4n) is 1.96. The van der Waals surface area contributed by atoms with Gasteiger partial charge in [-0.05, 0) is 32.9 Å². The number of nitrogens with zero attached hydrogens (tertiary/aromatic N) is 2. The van der Waals surface area contributed by atoms with Gasteiger partial charge in [0.1, 0.15) is 0 Å². The third-order valence-electron chi connectivity index (χ3n) is 3.00. The molecule has 0 bridgehead atoms. The third kappa shape index (κ3) is 2.30. The molecule has 0 saturated heterocycles. The molecule has 5 heteroatoms. The van der Waals surface area contributed by atoms with Crippen molar-refractivity contribution in [3.05, 3.63) is 41.6 Å². The van der Waals surface area contributed by atoms with E-state index >= 15 is 0 Å². The van der Waals surface area contributed by atoms with Crippen LogP contribution in [0.5, 0.6) is 0 Å². The highest BCUT2D eigenvalue weighted by atomic mass is 16.3. The molecule has 0 radical (unpaired) electrons. The van der Waals surface area contributed by atoms with Crippen LogP contribution < -0.4 is 5.32 Å². The van der Waals surface area contributed by atoms with Crippen LogP contribution in [-0.4, -0.2) is 15.7 Å². The van der Waals surface area contributed by atoms with Crippen LogP contribution >= 0.6 is 0 Å². The zero-order chi connectivity index (χ0) is 13.1. The average Bonchev–Trinajstić information content (AvgIpc) is 2.97. The van der Waals surface area contributed by atoms with Crippen molar-refractivity contribution in [2.75, 3.05) is 0 Å². The van der Waals surface area contributed by atoms with E-state index < -0.39 is 0 Å². The van der Waals surface area contributed by atoms with Crippen LogP contribution in [-0.2, 0) is 6.54 Å². The monoisotopic (exact) mass is 247 g/mol. The van der Waals surface area contributed by atoms with Gasteiger partial charge in [-0.25, -0.2) is 0 Å². The topological polar surface area (TPSA) is 60.1 Å². The van der Waals surface area contributed by atoms with Gasteiger partial charge in [0, 0.05) is 17.8 Å². The highest BCUT2D eigenvalue weighted by Crippen LogP contribution is 2.17. The molecule has 1 unspecified atom stereocenters. The summed E-state index contributed by atoms with van der Waals surface area (Å²) in [6.07, 6.45) is 3.28. The van der Waals surface area contributed by atoms with Gasteiger partial charge in [0.15, 0.2) is 5.76 Å². The van der Waals surface area contributed by atoms with Gasteiger partial charge in [0.25, 0.3) is 5.91 Å². The Hall–Kier alpha value is -2.04. The summed E-state index contributed by atoms with van der Waals surface area (Å²) in [5, 5.41) is 7.16. The van der Waals surface area contributed by atoms with Crippen molar-refractivity contribution < 1.29 is 9.21 Å². The van der Waals surface area contributed by atoms with E-state index in [9.17, 15) is 4.79 Å². The van der Waals surface area contributed by atoms with Crippen molar-refractivity contribution >= 4 is 5.91 Å². The first-order valence-electron chi connectivity index (χ1n) is 6.00. The minimum Gasteiger partial charge on any atom is -0.459 e. The molecule has 1 amide bonds. The zero-order valence-electron chi connectivity index (χ0n) is 10.8. The van der Waals surface area contributed by atoms with Crippen molar-refractivity contribution in [1.29, 1.82) is 0 Å². The second kappa shape index (κ2) is 5.08. The van der Waals surface area contributed by atoms with Gasteiger partial charge >= 0.3 is 0 Å². The first kappa shape index (κ1) is 12.4. The molecule has 5 nitrogen and oxygen atoms in total. The number of hydrogen-bond acceptors (Lipinski definition) is 3. The molecule has 18 heavy (non-hydrogen) atoms. The minimum atomic E-state index is -0.212. The largest absolute Gasteiger partial charge is 0.459 e. The maximum absolute atomic E-state index is 11.8. The predicted molar refractivity (Wildman–Crippen MR) is 67.2 cm³/mol. The maximum atomic E-state index is 11.8. The second-order valence-electron chi connectivity index (χ2n) is 4.17. The maximum Gasteiger partial charge on any atom is 0.287 e. The molecule has 0 aliphatic heterocycles. The molecule has 96 valence electrons. The second-order valence-corrected chi connectivity index (χ2v) is 4.17. The molecule has 0 aliphatic rings. The Labute approximate surface area is 106 Å². The molecule has 0 saturated carbocycles. The molecule has 0 aromatic carbocycles. The first-order valence-corrected chi connectivity index (χ1v) is 6.00.